The second kappa shape index (κ2) is 2.71. The average molecular weight is 201 g/mol. The Kier molecular flexibility index (Phi) is 1.57. The lowest BCUT2D eigenvalue weighted by Gasteiger charge is -2.20. The Bertz CT molecular complexity index is 465. The third-order valence-corrected chi connectivity index (χ3v) is 3.32. The van der Waals surface area contributed by atoms with Gasteiger partial charge >= 0.3 is 0 Å². The lowest BCUT2D eigenvalue weighted by molar-refractivity contribution is 0.111. The Hall–Kier alpha value is -1.60. The van der Waals surface area contributed by atoms with Gasteiger partial charge in [0.05, 0.1) is 23.4 Å². The third-order valence-electron chi connectivity index (χ3n) is 3.32. The van der Waals surface area contributed by atoms with Crippen LogP contribution in [0.25, 0.3) is 0 Å². The first-order chi connectivity index (χ1) is 7.24. The van der Waals surface area contributed by atoms with Crippen molar-refractivity contribution < 1.29 is 4.74 Å². The van der Waals surface area contributed by atoms with Gasteiger partial charge in [-0.2, -0.15) is 5.26 Å². The van der Waals surface area contributed by atoms with Crippen LogP contribution >= 0.6 is 0 Å². The highest BCUT2D eigenvalue weighted by molar-refractivity contribution is 5.59. The standard InChI is InChI=1S/C11H11N3O/c1-11-4-5-15-10(11)14-8-3-2-7(6-12)13-9(8)11/h2-3,10,14H,4-5H2,1H3/t10-,11-/m0/s1. The van der Waals surface area contributed by atoms with Crippen molar-refractivity contribution in [2.75, 3.05) is 11.9 Å². The molecule has 3 rings (SSSR count). The number of aromatic nitrogens is 1. The van der Waals surface area contributed by atoms with Gasteiger partial charge in [-0.1, -0.05) is 0 Å². The van der Waals surface area contributed by atoms with Crippen molar-refractivity contribution in [3.63, 3.8) is 0 Å². The lowest BCUT2D eigenvalue weighted by Crippen LogP contribution is -2.31. The molecule has 2 aliphatic heterocycles. The molecule has 1 aromatic heterocycles. The number of fused-ring (bicyclic) bond motifs is 3. The van der Waals surface area contributed by atoms with Gasteiger partial charge in [0.25, 0.3) is 0 Å². The summed E-state index contributed by atoms with van der Waals surface area (Å²) in [6, 6.07) is 5.72. The molecule has 1 N–H and O–H groups in total. The Labute approximate surface area is 87.9 Å². The smallest absolute Gasteiger partial charge is 0.140 e. The van der Waals surface area contributed by atoms with Gasteiger partial charge in [0, 0.05) is 0 Å². The first-order valence-corrected chi connectivity index (χ1v) is 5.04. The summed E-state index contributed by atoms with van der Waals surface area (Å²) >= 11 is 0. The number of rotatable bonds is 0. The van der Waals surface area contributed by atoms with E-state index in [1.54, 1.807) is 6.07 Å². The van der Waals surface area contributed by atoms with Crippen LogP contribution in [-0.2, 0) is 10.2 Å². The molecule has 3 heterocycles. The SMILES string of the molecule is C[C@@]12CCO[C@@H]1Nc1ccc(C#N)nc12. The molecule has 0 saturated carbocycles. The number of nitriles is 1. The van der Waals surface area contributed by atoms with Crippen LogP contribution in [0, 0.1) is 11.3 Å². The number of nitrogens with zero attached hydrogens (tertiary/aromatic N) is 2. The largest absolute Gasteiger partial charge is 0.358 e. The first kappa shape index (κ1) is 8.69. The third kappa shape index (κ3) is 1.01. The molecule has 2 atom stereocenters. The fourth-order valence-electron chi connectivity index (χ4n) is 2.36. The van der Waals surface area contributed by atoms with E-state index in [-0.39, 0.29) is 11.6 Å². The van der Waals surface area contributed by atoms with Gasteiger partial charge in [-0.05, 0) is 25.5 Å². The maximum atomic E-state index is 8.83. The zero-order chi connectivity index (χ0) is 10.5. The number of pyridine rings is 1. The summed E-state index contributed by atoms with van der Waals surface area (Å²) in [5, 5.41) is 12.1. The van der Waals surface area contributed by atoms with Crippen LogP contribution in [0.2, 0.25) is 0 Å². The van der Waals surface area contributed by atoms with E-state index in [1.807, 2.05) is 6.07 Å². The molecule has 0 radical (unpaired) electrons. The number of hydrogen-bond donors (Lipinski definition) is 1. The molecule has 0 aliphatic carbocycles. The summed E-state index contributed by atoms with van der Waals surface area (Å²) in [5.74, 6) is 0. The van der Waals surface area contributed by atoms with Gasteiger partial charge < -0.3 is 10.1 Å². The molecule has 76 valence electrons. The van der Waals surface area contributed by atoms with Crippen LogP contribution in [0.15, 0.2) is 12.1 Å². The van der Waals surface area contributed by atoms with Crippen molar-refractivity contribution in [2.24, 2.45) is 0 Å². The molecular formula is C11H11N3O. The van der Waals surface area contributed by atoms with E-state index in [9.17, 15) is 0 Å². The quantitative estimate of drug-likeness (QED) is 0.689. The van der Waals surface area contributed by atoms with E-state index in [4.69, 9.17) is 10.00 Å². The summed E-state index contributed by atoms with van der Waals surface area (Å²) in [6.07, 6.45) is 0.980. The predicted molar refractivity (Wildman–Crippen MR) is 54.3 cm³/mol. The zero-order valence-electron chi connectivity index (χ0n) is 8.45. The fraction of sp³-hybridized carbons (Fsp3) is 0.455. The Morgan fingerprint density at radius 3 is 3.33 bits per heavy atom. The Morgan fingerprint density at radius 2 is 2.53 bits per heavy atom. The Morgan fingerprint density at radius 1 is 1.67 bits per heavy atom. The van der Waals surface area contributed by atoms with E-state index >= 15 is 0 Å². The molecule has 0 unspecified atom stereocenters. The molecule has 1 saturated heterocycles. The average Bonchev–Trinajstić information content (AvgIpc) is 2.72. The van der Waals surface area contributed by atoms with E-state index < -0.39 is 0 Å². The van der Waals surface area contributed by atoms with E-state index in [0.29, 0.717) is 5.69 Å². The van der Waals surface area contributed by atoms with Crippen molar-refractivity contribution in [3.8, 4) is 6.07 Å². The molecule has 15 heavy (non-hydrogen) atoms. The molecule has 4 nitrogen and oxygen atoms in total. The molecule has 4 heteroatoms. The molecule has 2 aliphatic rings. The molecule has 0 spiro atoms. The van der Waals surface area contributed by atoms with Gasteiger partial charge in [0.15, 0.2) is 0 Å². The number of anilines is 1. The van der Waals surface area contributed by atoms with Crippen molar-refractivity contribution in [3.05, 3.63) is 23.5 Å². The predicted octanol–water partition coefficient (Wildman–Crippen LogP) is 1.38. The van der Waals surface area contributed by atoms with Gasteiger partial charge in [-0.3, -0.25) is 0 Å². The van der Waals surface area contributed by atoms with E-state index in [0.717, 1.165) is 24.4 Å². The van der Waals surface area contributed by atoms with E-state index in [2.05, 4.69) is 23.3 Å². The topological polar surface area (TPSA) is 57.9 Å². The van der Waals surface area contributed by atoms with Gasteiger partial charge in [-0.25, -0.2) is 4.98 Å². The highest BCUT2D eigenvalue weighted by Crippen LogP contribution is 2.45. The highest BCUT2D eigenvalue weighted by Gasteiger charge is 2.49. The molecule has 1 fully saturated rings. The fourth-order valence-corrected chi connectivity index (χ4v) is 2.36. The van der Waals surface area contributed by atoms with Crippen molar-refractivity contribution in [1.29, 1.82) is 5.26 Å². The van der Waals surface area contributed by atoms with Crippen molar-refractivity contribution in [2.45, 2.75) is 25.0 Å². The second-order valence-corrected chi connectivity index (χ2v) is 4.27. The maximum Gasteiger partial charge on any atom is 0.140 e. The zero-order valence-corrected chi connectivity index (χ0v) is 8.45. The molecule has 0 aromatic carbocycles. The summed E-state index contributed by atoms with van der Waals surface area (Å²) < 4.78 is 5.60. The number of hydrogen-bond acceptors (Lipinski definition) is 4. The monoisotopic (exact) mass is 201 g/mol. The van der Waals surface area contributed by atoms with Crippen LogP contribution in [-0.4, -0.2) is 17.8 Å². The normalized spacial score (nSPS) is 31.6. The first-order valence-electron chi connectivity index (χ1n) is 5.04. The van der Waals surface area contributed by atoms with Crippen LogP contribution < -0.4 is 5.32 Å². The van der Waals surface area contributed by atoms with Crippen LogP contribution in [0.5, 0.6) is 0 Å². The minimum Gasteiger partial charge on any atom is -0.358 e. The number of ether oxygens (including phenoxy) is 1. The van der Waals surface area contributed by atoms with Gasteiger partial charge in [0.2, 0.25) is 0 Å². The van der Waals surface area contributed by atoms with E-state index in [1.165, 1.54) is 0 Å². The summed E-state index contributed by atoms with van der Waals surface area (Å²) in [6.45, 7) is 2.89. The van der Waals surface area contributed by atoms with Crippen molar-refractivity contribution in [1.82, 2.24) is 4.98 Å². The summed E-state index contributed by atoms with van der Waals surface area (Å²) in [7, 11) is 0. The lowest BCUT2D eigenvalue weighted by atomic mass is 9.85. The summed E-state index contributed by atoms with van der Waals surface area (Å²) in [5.41, 5.74) is 2.39. The van der Waals surface area contributed by atoms with Crippen molar-refractivity contribution >= 4 is 5.69 Å². The summed E-state index contributed by atoms with van der Waals surface area (Å²) in [4.78, 5) is 4.38. The van der Waals surface area contributed by atoms with Crippen LogP contribution in [0.3, 0.4) is 0 Å². The minimum absolute atomic E-state index is 0.0222. The van der Waals surface area contributed by atoms with Crippen LogP contribution in [0.4, 0.5) is 5.69 Å². The Balaban J connectivity index is 2.16. The molecular weight excluding hydrogens is 190 g/mol. The van der Waals surface area contributed by atoms with Gasteiger partial charge in [0.1, 0.15) is 18.0 Å². The maximum absolute atomic E-state index is 8.83. The van der Waals surface area contributed by atoms with Gasteiger partial charge in [-0.15, -0.1) is 0 Å². The molecule has 0 amide bonds. The van der Waals surface area contributed by atoms with Crippen LogP contribution in [0.1, 0.15) is 24.7 Å². The number of nitrogens with one attached hydrogen (secondary N) is 1. The second-order valence-electron chi connectivity index (χ2n) is 4.27. The molecule has 1 aromatic rings. The highest BCUT2D eigenvalue weighted by atomic mass is 16.5. The molecule has 0 bridgehead atoms. The minimum atomic E-state index is -0.0673.